The van der Waals surface area contributed by atoms with Gasteiger partial charge in [-0.1, -0.05) is 25.1 Å². The number of hydrogen-bond acceptors (Lipinski definition) is 3. The van der Waals surface area contributed by atoms with Crippen molar-refractivity contribution in [3.63, 3.8) is 0 Å². The first-order chi connectivity index (χ1) is 9.29. The highest BCUT2D eigenvalue weighted by Gasteiger charge is 2.07. The molecule has 1 atom stereocenters. The van der Waals surface area contributed by atoms with Crippen molar-refractivity contribution in [2.45, 2.75) is 32.9 Å². The molecule has 2 aromatic rings. The summed E-state index contributed by atoms with van der Waals surface area (Å²) in [6.45, 7) is 5.73. The summed E-state index contributed by atoms with van der Waals surface area (Å²) in [5.74, 6) is 1.93. The van der Waals surface area contributed by atoms with E-state index in [1.54, 1.807) is 6.26 Å². The second-order valence-electron chi connectivity index (χ2n) is 4.60. The van der Waals surface area contributed by atoms with Crippen molar-refractivity contribution in [3.05, 3.63) is 54.0 Å². The lowest BCUT2D eigenvalue weighted by Gasteiger charge is -2.17. The Morgan fingerprint density at radius 2 is 2.05 bits per heavy atom. The Hall–Kier alpha value is -1.74. The third-order valence-corrected chi connectivity index (χ3v) is 2.99. The van der Waals surface area contributed by atoms with Crippen molar-refractivity contribution in [1.29, 1.82) is 0 Å². The van der Waals surface area contributed by atoms with Gasteiger partial charge in [-0.25, -0.2) is 0 Å². The summed E-state index contributed by atoms with van der Waals surface area (Å²) >= 11 is 0. The number of hydrogen-bond donors (Lipinski definition) is 1. The average molecular weight is 259 g/mol. The molecular weight excluding hydrogens is 238 g/mol. The van der Waals surface area contributed by atoms with E-state index in [1.807, 2.05) is 30.3 Å². The van der Waals surface area contributed by atoms with Crippen LogP contribution in [0.2, 0.25) is 0 Å². The molecule has 1 heterocycles. The standard InChI is InChI=1S/C16H21NO2/c1-3-14-7-4-5-9-16(14)19-13(2)11-17-12-15-8-6-10-18-15/h4-10,13,17H,3,11-12H2,1-2H3. The zero-order chi connectivity index (χ0) is 13.5. The molecule has 0 saturated carbocycles. The van der Waals surface area contributed by atoms with Crippen LogP contribution in [-0.2, 0) is 13.0 Å². The van der Waals surface area contributed by atoms with Crippen LogP contribution in [0, 0.1) is 0 Å². The van der Waals surface area contributed by atoms with Gasteiger partial charge in [0.15, 0.2) is 0 Å². The van der Waals surface area contributed by atoms with E-state index in [9.17, 15) is 0 Å². The Labute approximate surface area is 114 Å². The van der Waals surface area contributed by atoms with E-state index in [2.05, 4.69) is 25.2 Å². The minimum Gasteiger partial charge on any atom is -0.489 e. The lowest BCUT2D eigenvalue weighted by molar-refractivity contribution is 0.213. The minimum atomic E-state index is 0.127. The van der Waals surface area contributed by atoms with E-state index < -0.39 is 0 Å². The summed E-state index contributed by atoms with van der Waals surface area (Å²) in [5, 5.41) is 3.33. The molecular formula is C16H21NO2. The summed E-state index contributed by atoms with van der Waals surface area (Å²) in [4.78, 5) is 0. The molecule has 0 aliphatic rings. The van der Waals surface area contributed by atoms with Gasteiger partial charge in [-0.15, -0.1) is 0 Å². The van der Waals surface area contributed by atoms with E-state index in [-0.39, 0.29) is 6.10 Å². The molecule has 0 spiro atoms. The van der Waals surface area contributed by atoms with Crippen LogP contribution < -0.4 is 10.1 Å². The van der Waals surface area contributed by atoms with Crippen molar-refractivity contribution in [2.24, 2.45) is 0 Å². The fourth-order valence-corrected chi connectivity index (χ4v) is 1.98. The molecule has 3 nitrogen and oxygen atoms in total. The molecule has 0 radical (unpaired) electrons. The molecule has 0 aliphatic carbocycles. The highest BCUT2D eigenvalue weighted by Crippen LogP contribution is 2.19. The van der Waals surface area contributed by atoms with Gasteiger partial charge in [0, 0.05) is 6.54 Å². The van der Waals surface area contributed by atoms with Gasteiger partial charge in [-0.3, -0.25) is 0 Å². The maximum atomic E-state index is 5.96. The molecule has 3 heteroatoms. The summed E-state index contributed by atoms with van der Waals surface area (Å²) in [5.41, 5.74) is 1.25. The molecule has 102 valence electrons. The Bertz CT molecular complexity index is 479. The molecule has 0 fully saturated rings. The first-order valence-corrected chi connectivity index (χ1v) is 6.77. The van der Waals surface area contributed by atoms with Gasteiger partial charge in [-0.2, -0.15) is 0 Å². The summed E-state index contributed by atoms with van der Waals surface area (Å²) in [6.07, 6.45) is 2.81. The molecule has 19 heavy (non-hydrogen) atoms. The van der Waals surface area contributed by atoms with Gasteiger partial charge < -0.3 is 14.5 Å². The fourth-order valence-electron chi connectivity index (χ4n) is 1.98. The molecule has 0 bridgehead atoms. The third kappa shape index (κ3) is 4.14. The van der Waals surface area contributed by atoms with Gasteiger partial charge in [0.25, 0.3) is 0 Å². The topological polar surface area (TPSA) is 34.4 Å². The molecule has 0 aliphatic heterocycles. The van der Waals surface area contributed by atoms with Gasteiger partial charge >= 0.3 is 0 Å². The van der Waals surface area contributed by atoms with E-state index in [4.69, 9.17) is 9.15 Å². The maximum Gasteiger partial charge on any atom is 0.122 e. The molecule has 0 saturated heterocycles. The van der Waals surface area contributed by atoms with Crippen molar-refractivity contribution < 1.29 is 9.15 Å². The molecule has 1 N–H and O–H groups in total. The van der Waals surface area contributed by atoms with E-state index in [0.29, 0.717) is 0 Å². The SMILES string of the molecule is CCc1ccccc1OC(C)CNCc1ccco1. The van der Waals surface area contributed by atoms with Crippen LogP contribution in [-0.4, -0.2) is 12.6 Å². The number of nitrogens with one attached hydrogen (secondary N) is 1. The number of furan rings is 1. The van der Waals surface area contributed by atoms with Crippen LogP contribution in [0.1, 0.15) is 25.2 Å². The van der Waals surface area contributed by atoms with Crippen molar-refractivity contribution in [2.75, 3.05) is 6.54 Å². The average Bonchev–Trinajstić information content (AvgIpc) is 2.92. The van der Waals surface area contributed by atoms with Crippen LogP contribution >= 0.6 is 0 Å². The highest BCUT2D eigenvalue weighted by atomic mass is 16.5. The van der Waals surface area contributed by atoms with Crippen LogP contribution in [0.4, 0.5) is 0 Å². The Morgan fingerprint density at radius 3 is 2.79 bits per heavy atom. The first-order valence-electron chi connectivity index (χ1n) is 6.77. The first kappa shape index (κ1) is 13.7. The third-order valence-electron chi connectivity index (χ3n) is 2.99. The lowest BCUT2D eigenvalue weighted by Crippen LogP contribution is -2.28. The van der Waals surface area contributed by atoms with Gasteiger partial charge in [0.1, 0.15) is 17.6 Å². The van der Waals surface area contributed by atoms with E-state index in [0.717, 1.165) is 31.0 Å². The number of para-hydroxylation sites is 1. The van der Waals surface area contributed by atoms with Gasteiger partial charge in [0.05, 0.1) is 12.8 Å². The molecule has 0 amide bonds. The number of aryl methyl sites for hydroxylation is 1. The fraction of sp³-hybridized carbons (Fsp3) is 0.375. The smallest absolute Gasteiger partial charge is 0.122 e. The molecule has 2 rings (SSSR count). The largest absolute Gasteiger partial charge is 0.489 e. The zero-order valence-corrected chi connectivity index (χ0v) is 11.6. The van der Waals surface area contributed by atoms with Gasteiger partial charge in [-0.05, 0) is 37.1 Å². The Kier molecular flexibility index (Phi) is 5.04. The van der Waals surface area contributed by atoms with Crippen molar-refractivity contribution in [3.8, 4) is 5.75 Å². The lowest BCUT2D eigenvalue weighted by atomic mass is 10.1. The summed E-state index contributed by atoms with van der Waals surface area (Å²) < 4.78 is 11.2. The van der Waals surface area contributed by atoms with Crippen molar-refractivity contribution >= 4 is 0 Å². The summed E-state index contributed by atoms with van der Waals surface area (Å²) in [6, 6.07) is 12.1. The van der Waals surface area contributed by atoms with Crippen LogP contribution in [0.3, 0.4) is 0 Å². The van der Waals surface area contributed by atoms with E-state index >= 15 is 0 Å². The monoisotopic (exact) mass is 259 g/mol. The van der Waals surface area contributed by atoms with Crippen molar-refractivity contribution in [1.82, 2.24) is 5.32 Å². The second-order valence-corrected chi connectivity index (χ2v) is 4.60. The maximum absolute atomic E-state index is 5.96. The van der Waals surface area contributed by atoms with Crippen LogP contribution in [0.15, 0.2) is 47.1 Å². The number of ether oxygens (including phenoxy) is 1. The quantitative estimate of drug-likeness (QED) is 0.827. The van der Waals surface area contributed by atoms with Crippen LogP contribution in [0.5, 0.6) is 5.75 Å². The highest BCUT2D eigenvalue weighted by molar-refractivity contribution is 5.33. The van der Waals surface area contributed by atoms with E-state index in [1.165, 1.54) is 5.56 Å². The normalized spacial score (nSPS) is 12.3. The minimum absolute atomic E-state index is 0.127. The molecule has 1 aromatic heterocycles. The second kappa shape index (κ2) is 7.00. The predicted molar refractivity (Wildman–Crippen MR) is 76.3 cm³/mol. The Morgan fingerprint density at radius 1 is 1.21 bits per heavy atom. The molecule has 1 unspecified atom stereocenters. The molecule has 1 aromatic carbocycles. The predicted octanol–water partition coefficient (Wildman–Crippen LogP) is 3.40. The number of rotatable bonds is 7. The van der Waals surface area contributed by atoms with Crippen LogP contribution in [0.25, 0.3) is 0 Å². The Balaban J connectivity index is 1.79. The zero-order valence-electron chi connectivity index (χ0n) is 11.6. The van der Waals surface area contributed by atoms with Gasteiger partial charge in [0.2, 0.25) is 0 Å². The number of benzene rings is 1. The summed E-state index contributed by atoms with van der Waals surface area (Å²) in [7, 11) is 0.